The average Bonchev–Trinajstić information content (AvgIpc) is 2.64. The highest BCUT2D eigenvalue weighted by Gasteiger charge is 2.14. The van der Waals surface area contributed by atoms with Gasteiger partial charge in [0.25, 0.3) is 11.7 Å². The lowest BCUT2D eigenvalue weighted by atomic mass is 10.2. The van der Waals surface area contributed by atoms with Crippen molar-refractivity contribution in [1.82, 2.24) is 10.1 Å². The molecule has 82 valence electrons. The molecule has 1 aromatic heterocycles. The van der Waals surface area contributed by atoms with Crippen molar-refractivity contribution >= 4 is 23.3 Å². The van der Waals surface area contributed by atoms with Crippen LogP contribution in [0.25, 0.3) is 11.5 Å². The van der Waals surface area contributed by atoms with E-state index in [4.69, 9.17) is 27.0 Å². The van der Waals surface area contributed by atoms with Crippen molar-refractivity contribution in [3.8, 4) is 11.5 Å². The fourth-order valence-electron chi connectivity index (χ4n) is 1.16. The lowest BCUT2D eigenvalue weighted by Gasteiger charge is -1.97. The molecule has 6 nitrogen and oxygen atoms in total. The van der Waals surface area contributed by atoms with Crippen molar-refractivity contribution < 1.29 is 14.4 Å². The summed E-state index contributed by atoms with van der Waals surface area (Å²) in [5, 5.41) is 12.3. The van der Waals surface area contributed by atoms with Gasteiger partial charge in [0.05, 0.1) is 0 Å². The van der Waals surface area contributed by atoms with E-state index < -0.39 is 11.8 Å². The van der Waals surface area contributed by atoms with Gasteiger partial charge in [0.15, 0.2) is 0 Å². The van der Waals surface area contributed by atoms with Crippen molar-refractivity contribution in [2.45, 2.75) is 0 Å². The van der Waals surface area contributed by atoms with Crippen LogP contribution in [0, 0.1) is 0 Å². The van der Waals surface area contributed by atoms with Gasteiger partial charge >= 0.3 is 5.97 Å². The summed E-state index contributed by atoms with van der Waals surface area (Å²) in [4.78, 5) is 14.2. The molecule has 1 heterocycles. The van der Waals surface area contributed by atoms with E-state index in [1.165, 1.54) is 0 Å². The number of carbonyl (C=O) groups is 1. The minimum absolute atomic E-state index is 0.0617. The molecule has 0 saturated heterocycles. The summed E-state index contributed by atoms with van der Waals surface area (Å²) >= 11 is 5.78. The monoisotopic (exact) mass is 239 g/mol. The van der Waals surface area contributed by atoms with Crippen LogP contribution in [0.2, 0.25) is 5.02 Å². The van der Waals surface area contributed by atoms with Gasteiger partial charge in [-0.3, -0.25) is 0 Å². The van der Waals surface area contributed by atoms with Crippen LogP contribution in [-0.4, -0.2) is 21.2 Å². The number of nitrogen functional groups attached to an aromatic ring is 1. The molecule has 0 spiro atoms. The summed E-state index contributed by atoms with van der Waals surface area (Å²) in [5.74, 6) is -1.61. The molecule has 2 aromatic rings. The number of aromatic carboxylic acids is 1. The number of rotatable bonds is 2. The summed E-state index contributed by atoms with van der Waals surface area (Å²) in [5.41, 5.74) is 6.48. The smallest absolute Gasteiger partial charge is 0.377 e. The van der Waals surface area contributed by atoms with Crippen LogP contribution >= 0.6 is 11.6 Å². The van der Waals surface area contributed by atoms with Crippen LogP contribution in [0.15, 0.2) is 22.7 Å². The Balaban J connectivity index is 2.46. The zero-order chi connectivity index (χ0) is 11.7. The highest BCUT2D eigenvalue weighted by molar-refractivity contribution is 6.31. The summed E-state index contributed by atoms with van der Waals surface area (Å²) in [6.45, 7) is 0. The Morgan fingerprint density at radius 2 is 2.19 bits per heavy atom. The molecule has 0 bridgehead atoms. The van der Waals surface area contributed by atoms with Gasteiger partial charge < -0.3 is 15.4 Å². The largest absolute Gasteiger partial charge is 0.475 e. The molecule has 0 amide bonds. The fraction of sp³-hybridized carbons (Fsp3) is 0. The van der Waals surface area contributed by atoms with E-state index in [2.05, 4.69) is 10.1 Å². The van der Waals surface area contributed by atoms with Gasteiger partial charge in [0.2, 0.25) is 0 Å². The number of aromatic nitrogens is 2. The second-order valence-electron chi connectivity index (χ2n) is 3.00. The highest BCUT2D eigenvalue weighted by atomic mass is 35.5. The van der Waals surface area contributed by atoms with Gasteiger partial charge in [-0.05, 0) is 23.4 Å². The molecule has 0 aliphatic rings. The molecule has 0 radical (unpaired) electrons. The van der Waals surface area contributed by atoms with Gasteiger partial charge in [-0.1, -0.05) is 11.6 Å². The maximum absolute atomic E-state index is 10.5. The van der Waals surface area contributed by atoms with Crippen LogP contribution in [0.3, 0.4) is 0 Å². The Morgan fingerprint density at radius 1 is 1.44 bits per heavy atom. The normalized spacial score (nSPS) is 10.3. The summed E-state index contributed by atoms with van der Waals surface area (Å²) in [6.07, 6.45) is 0. The number of carboxylic acid groups (broad SMARTS) is 1. The van der Waals surface area contributed by atoms with Gasteiger partial charge in [0.1, 0.15) is 0 Å². The molecular weight excluding hydrogens is 234 g/mol. The molecule has 0 saturated carbocycles. The Labute approximate surface area is 94.6 Å². The molecule has 0 unspecified atom stereocenters. The third-order valence-corrected chi connectivity index (χ3v) is 2.00. The molecule has 16 heavy (non-hydrogen) atoms. The van der Waals surface area contributed by atoms with E-state index in [0.29, 0.717) is 16.3 Å². The number of nitrogens with zero attached hydrogens (tertiary/aromatic N) is 2. The first kappa shape index (κ1) is 10.4. The SMILES string of the molecule is Nc1cc(Cl)cc(-c2nc(C(=O)O)no2)c1. The average molecular weight is 240 g/mol. The topological polar surface area (TPSA) is 102 Å². The lowest BCUT2D eigenvalue weighted by Crippen LogP contribution is -1.98. The molecule has 7 heteroatoms. The third-order valence-electron chi connectivity index (χ3n) is 1.78. The van der Waals surface area contributed by atoms with E-state index in [0.717, 1.165) is 0 Å². The number of hydrogen-bond donors (Lipinski definition) is 2. The Morgan fingerprint density at radius 3 is 2.75 bits per heavy atom. The molecule has 0 aliphatic heterocycles. The Bertz CT molecular complexity index is 532. The van der Waals surface area contributed by atoms with E-state index in [-0.39, 0.29) is 5.89 Å². The van der Waals surface area contributed by atoms with Crippen LogP contribution in [0.5, 0.6) is 0 Å². The zero-order valence-corrected chi connectivity index (χ0v) is 8.60. The molecule has 3 N–H and O–H groups in total. The van der Waals surface area contributed by atoms with E-state index in [1.807, 2.05) is 0 Å². The fourth-order valence-corrected chi connectivity index (χ4v) is 1.41. The first-order valence-electron chi connectivity index (χ1n) is 4.19. The second kappa shape index (κ2) is 3.82. The Hall–Kier alpha value is -2.08. The standard InChI is InChI=1S/C9H6ClN3O3/c10-5-1-4(2-6(11)3-5)8-12-7(9(14)15)13-16-8/h1-3H,11H2,(H,14,15). The first-order chi connectivity index (χ1) is 7.56. The maximum atomic E-state index is 10.5. The van der Waals surface area contributed by atoms with Crippen molar-refractivity contribution in [3.63, 3.8) is 0 Å². The van der Waals surface area contributed by atoms with Gasteiger partial charge in [-0.2, -0.15) is 4.98 Å². The molecule has 0 aliphatic carbocycles. The van der Waals surface area contributed by atoms with Gasteiger partial charge in [-0.15, -0.1) is 0 Å². The lowest BCUT2D eigenvalue weighted by molar-refractivity contribution is 0.0680. The molecule has 1 aromatic carbocycles. The van der Waals surface area contributed by atoms with Crippen molar-refractivity contribution in [2.24, 2.45) is 0 Å². The number of hydrogen-bond acceptors (Lipinski definition) is 5. The van der Waals surface area contributed by atoms with Gasteiger partial charge in [-0.25, -0.2) is 4.79 Å². The molecule has 2 rings (SSSR count). The van der Waals surface area contributed by atoms with Crippen LogP contribution in [0.4, 0.5) is 5.69 Å². The third kappa shape index (κ3) is 1.96. The Kier molecular flexibility index (Phi) is 2.49. The minimum Gasteiger partial charge on any atom is -0.475 e. The number of halogens is 1. The van der Waals surface area contributed by atoms with E-state index in [9.17, 15) is 4.79 Å². The zero-order valence-electron chi connectivity index (χ0n) is 7.85. The number of anilines is 1. The predicted molar refractivity (Wildman–Crippen MR) is 56.1 cm³/mol. The van der Waals surface area contributed by atoms with Crippen molar-refractivity contribution in [3.05, 3.63) is 29.0 Å². The van der Waals surface area contributed by atoms with Gasteiger partial charge in [0, 0.05) is 16.3 Å². The summed E-state index contributed by atoms with van der Waals surface area (Å²) in [6, 6.07) is 4.67. The molecule has 0 atom stereocenters. The van der Waals surface area contributed by atoms with Crippen LogP contribution in [0.1, 0.15) is 10.6 Å². The second-order valence-corrected chi connectivity index (χ2v) is 3.44. The molecule has 0 fully saturated rings. The minimum atomic E-state index is -1.26. The number of benzene rings is 1. The number of nitrogens with two attached hydrogens (primary N) is 1. The van der Waals surface area contributed by atoms with Crippen LogP contribution < -0.4 is 5.73 Å². The summed E-state index contributed by atoms with van der Waals surface area (Å²) in [7, 11) is 0. The predicted octanol–water partition coefficient (Wildman–Crippen LogP) is 1.67. The first-order valence-corrected chi connectivity index (χ1v) is 4.57. The van der Waals surface area contributed by atoms with Crippen LogP contribution in [-0.2, 0) is 0 Å². The van der Waals surface area contributed by atoms with E-state index >= 15 is 0 Å². The maximum Gasteiger partial charge on any atom is 0.377 e. The van der Waals surface area contributed by atoms with Crippen molar-refractivity contribution in [2.75, 3.05) is 5.73 Å². The molecular formula is C9H6ClN3O3. The highest BCUT2D eigenvalue weighted by Crippen LogP contribution is 2.24. The summed E-state index contributed by atoms with van der Waals surface area (Å²) < 4.78 is 4.77. The van der Waals surface area contributed by atoms with Crippen molar-refractivity contribution in [1.29, 1.82) is 0 Å². The quantitative estimate of drug-likeness (QED) is 0.773. The van der Waals surface area contributed by atoms with E-state index in [1.54, 1.807) is 18.2 Å². The number of carboxylic acids is 1.